The van der Waals surface area contributed by atoms with Crippen molar-refractivity contribution in [1.82, 2.24) is 0 Å². The zero-order valence-corrected chi connectivity index (χ0v) is 30.5. The molecular formula is C56H39N. The van der Waals surface area contributed by atoms with Gasteiger partial charge in [-0.1, -0.05) is 182 Å². The summed E-state index contributed by atoms with van der Waals surface area (Å²) in [5.41, 5.74) is 2.62. The van der Waals surface area contributed by atoms with Gasteiger partial charge in [-0.05, 0) is 132 Å². The predicted molar refractivity (Wildman–Crippen MR) is 243 cm³/mol. The van der Waals surface area contributed by atoms with Crippen molar-refractivity contribution in [2.45, 2.75) is 0 Å². The number of hydrogen-bond acceptors (Lipinski definition) is 1. The van der Waals surface area contributed by atoms with E-state index < -0.39 is 89.6 Å². The summed E-state index contributed by atoms with van der Waals surface area (Å²) in [5.74, 6) is 0. The molecule has 0 spiro atoms. The van der Waals surface area contributed by atoms with Crippen LogP contribution < -0.4 is 4.90 Å². The van der Waals surface area contributed by atoms with Gasteiger partial charge >= 0.3 is 0 Å². The van der Waals surface area contributed by atoms with Gasteiger partial charge < -0.3 is 4.90 Å². The first-order chi connectivity index (χ1) is 33.3. The Balaban J connectivity index is 1.24. The lowest BCUT2D eigenvalue weighted by molar-refractivity contribution is 1.28. The summed E-state index contributed by atoms with van der Waals surface area (Å²) in [6.45, 7) is 0. The summed E-state index contributed by atoms with van der Waals surface area (Å²) >= 11 is 0. The highest BCUT2D eigenvalue weighted by Gasteiger charge is 2.15. The Morgan fingerprint density at radius 2 is 0.596 bits per heavy atom. The van der Waals surface area contributed by atoms with E-state index in [0.717, 1.165) is 48.7 Å². The Bertz CT molecular complexity index is 3470. The van der Waals surface area contributed by atoms with E-state index >= 15 is 0 Å². The largest absolute Gasteiger partial charge is 0.311 e. The van der Waals surface area contributed by atoms with E-state index in [1.807, 2.05) is 133 Å². The standard InChI is InChI=1S/C56H39N/c1-3-13-45(14-4-1)55-36-29-51(39-56(55)46-15-5-2-6-16-46)44-27-34-54(35-28-44)57(52-30-23-42(24-31-52)49-21-19-40-11-7-9-17-47(40)37-49)53-32-25-43(26-33-53)50-22-20-41-12-8-10-18-48(41)38-50/h1-39H/i23D,24D,25D,26D,27D,28D,30D,31D,32D,33D,34D,35D. The van der Waals surface area contributed by atoms with E-state index in [0.29, 0.717) is 16.7 Å². The molecule has 0 aliphatic rings. The first-order valence-corrected chi connectivity index (χ1v) is 18.6. The molecule has 0 saturated heterocycles. The third-order valence-electron chi connectivity index (χ3n) is 10.1. The van der Waals surface area contributed by atoms with Gasteiger partial charge in [0.2, 0.25) is 0 Å². The summed E-state index contributed by atoms with van der Waals surface area (Å²) in [7, 11) is 0. The lowest BCUT2D eigenvalue weighted by Crippen LogP contribution is -2.09. The molecule has 0 heterocycles. The van der Waals surface area contributed by atoms with Gasteiger partial charge in [0.1, 0.15) is 0 Å². The minimum Gasteiger partial charge on any atom is -0.311 e. The molecule has 0 bridgehead atoms. The SMILES string of the molecule is [2H]c1c([2H])c(N(c2c([2H])c([2H])c(-c3ccc4ccccc4c3)c([2H])c2[2H])c2c([2H])c([2H])c(-c3ccc4ccccc4c3)c([2H])c2[2H])c([2H])c([2H])c1-c1ccc(-c2ccccc2)c(-c2ccccc2)c1. The second-order valence-corrected chi connectivity index (χ2v) is 13.6. The van der Waals surface area contributed by atoms with Crippen LogP contribution in [0.15, 0.2) is 236 Å². The van der Waals surface area contributed by atoms with Gasteiger partial charge in [-0.25, -0.2) is 0 Å². The van der Waals surface area contributed by atoms with E-state index in [9.17, 15) is 16.4 Å². The maximum Gasteiger partial charge on any atom is 0.0645 e. The van der Waals surface area contributed by atoms with Crippen LogP contribution in [0.5, 0.6) is 0 Å². The summed E-state index contributed by atoms with van der Waals surface area (Å²) in [4.78, 5) is 0.855. The Kier molecular flexibility index (Phi) is 6.16. The van der Waals surface area contributed by atoms with Crippen molar-refractivity contribution in [3.05, 3.63) is 236 Å². The third-order valence-corrected chi connectivity index (χ3v) is 10.1. The molecule has 0 aromatic heterocycles. The second kappa shape index (κ2) is 15.0. The van der Waals surface area contributed by atoms with Crippen LogP contribution in [0.3, 0.4) is 0 Å². The summed E-state index contributed by atoms with van der Waals surface area (Å²) in [6.07, 6.45) is 0. The van der Waals surface area contributed by atoms with Gasteiger partial charge in [0.25, 0.3) is 0 Å². The minimum atomic E-state index is -0.676. The van der Waals surface area contributed by atoms with Gasteiger partial charge in [0, 0.05) is 17.1 Å². The highest BCUT2D eigenvalue weighted by atomic mass is 15.1. The average Bonchev–Trinajstić information content (AvgIpc) is 3.37. The van der Waals surface area contributed by atoms with Crippen LogP contribution in [0, 0.1) is 0 Å². The van der Waals surface area contributed by atoms with E-state index in [1.54, 1.807) is 30.3 Å². The van der Waals surface area contributed by atoms with Crippen molar-refractivity contribution in [1.29, 1.82) is 0 Å². The van der Waals surface area contributed by atoms with Crippen molar-refractivity contribution >= 4 is 38.6 Å². The number of fused-ring (bicyclic) bond motifs is 2. The second-order valence-electron chi connectivity index (χ2n) is 13.6. The fourth-order valence-corrected chi connectivity index (χ4v) is 7.14. The normalized spacial score (nSPS) is 14.1. The number of nitrogens with zero attached hydrogens (tertiary/aromatic N) is 1. The first kappa shape index (κ1) is 23.4. The molecule has 0 amide bonds. The van der Waals surface area contributed by atoms with Crippen molar-refractivity contribution in [2.24, 2.45) is 0 Å². The Labute approximate surface area is 351 Å². The molecule has 0 atom stereocenters. The first-order valence-electron chi connectivity index (χ1n) is 24.6. The highest BCUT2D eigenvalue weighted by molar-refractivity contribution is 5.91. The van der Waals surface area contributed by atoms with Crippen molar-refractivity contribution < 1.29 is 16.4 Å². The van der Waals surface area contributed by atoms with Gasteiger partial charge in [-0.15, -0.1) is 0 Å². The molecule has 0 N–H and O–H groups in total. The molecule has 10 rings (SSSR count). The third kappa shape index (κ3) is 6.88. The molecule has 10 aromatic rings. The number of benzene rings is 10. The quantitative estimate of drug-likeness (QED) is 0.150. The smallest absolute Gasteiger partial charge is 0.0645 e. The van der Waals surface area contributed by atoms with Gasteiger partial charge in [-0.3, -0.25) is 0 Å². The lowest BCUT2D eigenvalue weighted by atomic mass is 9.91. The van der Waals surface area contributed by atoms with Gasteiger partial charge in [0.15, 0.2) is 0 Å². The summed E-state index contributed by atoms with van der Waals surface area (Å²) in [5, 5.41) is 3.37. The van der Waals surface area contributed by atoms with Crippen molar-refractivity contribution in [3.63, 3.8) is 0 Å². The van der Waals surface area contributed by atoms with Crippen molar-refractivity contribution in [2.75, 3.05) is 4.90 Å². The van der Waals surface area contributed by atoms with Crippen LogP contribution in [0.2, 0.25) is 0 Å². The number of hydrogen-bond donors (Lipinski definition) is 0. The Hall–Kier alpha value is -7.48. The maximum atomic E-state index is 9.69. The van der Waals surface area contributed by atoms with Gasteiger partial charge in [0.05, 0.1) is 16.4 Å². The molecule has 1 nitrogen and oxygen atoms in total. The van der Waals surface area contributed by atoms with E-state index in [1.165, 1.54) is 0 Å². The summed E-state index contributed by atoms with van der Waals surface area (Å²) < 4.78 is 114. The van der Waals surface area contributed by atoms with E-state index in [2.05, 4.69) is 0 Å². The molecule has 57 heavy (non-hydrogen) atoms. The van der Waals surface area contributed by atoms with E-state index in [-0.39, 0.29) is 16.7 Å². The zero-order valence-electron chi connectivity index (χ0n) is 42.5. The van der Waals surface area contributed by atoms with Crippen molar-refractivity contribution in [3.8, 4) is 55.6 Å². The molecule has 10 aromatic carbocycles. The molecule has 0 fully saturated rings. The van der Waals surface area contributed by atoms with Crippen LogP contribution in [-0.4, -0.2) is 0 Å². The topological polar surface area (TPSA) is 3.24 Å². The van der Waals surface area contributed by atoms with Gasteiger partial charge in [-0.2, -0.15) is 0 Å². The van der Waals surface area contributed by atoms with E-state index in [4.69, 9.17) is 0 Å². The van der Waals surface area contributed by atoms with Crippen LogP contribution in [0.25, 0.3) is 77.2 Å². The fourth-order valence-electron chi connectivity index (χ4n) is 7.14. The highest BCUT2D eigenvalue weighted by Crippen LogP contribution is 2.40. The van der Waals surface area contributed by atoms with Crippen LogP contribution in [-0.2, 0) is 0 Å². The monoisotopic (exact) mass is 737 g/mol. The molecule has 0 radical (unpaired) electrons. The maximum absolute atomic E-state index is 9.69. The Morgan fingerprint density at radius 3 is 1.04 bits per heavy atom. The molecule has 0 aliphatic heterocycles. The molecular weight excluding hydrogens is 687 g/mol. The molecule has 1 heteroatoms. The lowest BCUT2D eigenvalue weighted by Gasteiger charge is -2.26. The molecule has 268 valence electrons. The van der Waals surface area contributed by atoms with Crippen LogP contribution in [0.4, 0.5) is 17.1 Å². The Morgan fingerprint density at radius 1 is 0.246 bits per heavy atom. The minimum absolute atomic E-state index is 0.0475. The average molecular weight is 738 g/mol. The molecule has 0 saturated carbocycles. The fraction of sp³-hybridized carbons (Fsp3) is 0. The molecule has 0 aliphatic carbocycles. The van der Waals surface area contributed by atoms with Crippen LogP contribution >= 0.6 is 0 Å². The number of anilines is 3. The number of rotatable bonds is 8. The van der Waals surface area contributed by atoms with Crippen LogP contribution in [0.1, 0.15) is 16.4 Å². The summed E-state index contributed by atoms with van der Waals surface area (Å²) in [6, 6.07) is 43.1. The predicted octanol–water partition coefficient (Wildman–Crippen LogP) is 15.8. The molecule has 0 unspecified atom stereocenters. The zero-order chi connectivity index (χ0) is 48.4.